The molecule has 24 heavy (non-hydrogen) atoms. The van der Waals surface area contributed by atoms with Crippen LogP contribution in [0.15, 0.2) is 60.7 Å². The highest BCUT2D eigenvalue weighted by Gasteiger charge is 2.45. The van der Waals surface area contributed by atoms with E-state index in [-0.39, 0.29) is 6.10 Å². The van der Waals surface area contributed by atoms with Crippen molar-refractivity contribution in [1.29, 1.82) is 0 Å². The van der Waals surface area contributed by atoms with Crippen molar-refractivity contribution in [2.45, 2.75) is 31.2 Å². The van der Waals surface area contributed by atoms with E-state index in [0.717, 1.165) is 17.7 Å². The van der Waals surface area contributed by atoms with Gasteiger partial charge in [0.25, 0.3) is 0 Å². The minimum absolute atomic E-state index is 0.114. The average Bonchev–Trinajstić information content (AvgIpc) is 3.09. The van der Waals surface area contributed by atoms with Crippen molar-refractivity contribution in [2.75, 3.05) is 26.2 Å². The van der Waals surface area contributed by atoms with Gasteiger partial charge in [-0.2, -0.15) is 0 Å². The summed E-state index contributed by atoms with van der Waals surface area (Å²) in [7, 11) is 0. The Bertz CT molecular complexity index is 598. The van der Waals surface area contributed by atoms with Gasteiger partial charge in [0, 0.05) is 17.7 Å². The summed E-state index contributed by atoms with van der Waals surface area (Å²) in [5.41, 5.74) is 2.13. The predicted molar refractivity (Wildman–Crippen MR) is 94.8 cm³/mol. The summed E-state index contributed by atoms with van der Waals surface area (Å²) in [5, 5.41) is 0. The first-order valence-electron chi connectivity index (χ1n) is 9.02. The molecule has 1 unspecified atom stereocenters. The lowest BCUT2D eigenvalue weighted by atomic mass is 9.97. The normalized spacial score (nSPS) is 24.1. The van der Waals surface area contributed by atoms with Crippen molar-refractivity contribution >= 4 is 0 Å². The maximum Gasteiger partial charge on any atom is 0.222 e. The van der Waals surface area contributed by atoms with E-state index in [2.05, 4.69) is 29.2 Å². The van der Waals surface area contributed by atoms with E-state index >= 15 is 0 Å². The van der Waals surface area contributed by atoms with Gasteiger partial charge in [-0.3, -0.25) is 0 Å². The summed E-state index contributed by atoms with van der Waals surface area (Å²) in [4.78, 5) is 2.52. The first-order chi connectivity index (χ1) is 11.9. The number of hydrogen-bond donors (Lipinski definition) is 0. The first kappa shape index (κ1) is 15.8. The zero-order valence-electron chi connectivity index (χ0n) is 14.1. The van der Waals surface area contributed by atoms with E-state index < -0.39 is 5.79 Å². The molecule has 1 atom stereocenters. The van der Waals surface area contributed by atoms with E-state index in [1.165, 1.54) is 32.4 Å². The van der Waals surface area contributed by atoms with Crippen LogP contribution in [-0.4, -0.2) is 37.2 Å². The number of benzene rings is 2. The standard InChI is InChI=1S/C21H25NO2/c1-4-10-18(11-5-1)21(19-12-6-2-7-13-19)23-17-20(24-21)16-22-14-8-3-9-15-22/h1-2,4-7,10-13,20H,3,8-9,14-17H2. The van der Waals surface area contributed by atoms with Gasteiger partial charge in [-0.25, -0.2) is 0 Å². The molecule has 2 aromatic rings. The molecule has 0 aliphatic carbocycles. The molecule has 2 heterocycles. The quantitative estimate of drug-likeness (QED) is 0.854. The second-order valence-electron chi connectivity index (χ2n) is 6.76. The zero-order chi connectivity index (χ0) is 16.2. The smallest absolute Gasteiger partial charge is 0.222 e. The maximum atomic E-state index is 6.56. The highest BCUT2D eigenvalue weighted by atomic mass is 16.7. The van der Waals surface area contributed by atoms with Crippen LogP contribution in [0, 0.1) is 0 Å². The molecule has 0 radical (unpaired) electrons. The molecule has 0 N–H and O–H groups in total. The summed E-state index contributed by atoms with van der Waals surface area (Å²) in [6.07, 6.45) is 4.08. The Balaban J connectivity index is 1.59. The molecule has 2 saturated heterocycles. The monoisotopic (exact) mass is 323 g/mol. The molecule has 2 fully saturated rings. The molecule has 2 aliphatic heterocycles. The van der Waals surface area contributed by atoms with E-state index in [1.807, 2.05) is 36.4 Å². The van der Waals surface area contributed by atoms with Gasteiger partial charge in [-0.15, -0.1) is 0 Å². The molecule has 0 bridgehead atoms. The van der Waals surface area contributed by atoms with Crippen LogP contribution in [0.2, 0.25) is 0 Å². The van der Waals surface area contributed by atoms with Crippen LogP contribution < -0.4 is 0 Å². The number of likely N-dealkylation sites (tertiary alicyclic amines) is 1. The third-order valence-corrected chi connectivity index (χ3v) is 5.02. The molecular weight excluding hydrogens is 298 g/mol. The molecule has 0 aromatic heterocycles. The lowest BCUT2D eigenvalue weighted by Crippen LogP contribution is -2.38. The van der Waals surface area contributed by atoms with Crippen molar-refractivity contribution in [3.8, 4) is 0 Å². The fourth-order valence-electron chi connectivity index (χ4n) is 3.82. The Labute approximate surface area is 144 Å². The Hall–Kier alpha value is -1.68. The topological polar surface area (TPSA) is 21.7 Å². The first-order valence-corrected chi connectivity index (χ1v) is 9.02. The number of nitrogens with zero attached hydrogens (tertiary/aromatic N) is 1. The molecule has 3 nitrogen and oxygen atoms in total. The summed E-state index contributed by atoms with van der Waals surface area (Å²) in [6, 6.07) is 20.6. The molecular formula is C21H25NO2. The minimum atomic E-state index is -0.775. The van der Waals surface area contributed by atoms with E-state index in [4.69, 9.17) is 9.47 Å². The fourth-order valence-corrected chi connectivity index (χ4v) is 3.82. The fraction of sp³-hybridized carbons (Fsp3) is 0.429. The second-order valence-corrected chi connectivity index (χ2v) is 6.76. The molecule has 2 aliphatic rings. The van der Waals surface area contributed by atoms with Gasteiger partial charge in [0.15, 0.2) is 0 Å². The van der Waals surface area contributed by atoms with Crippen LogP contribution in [0.5, 0.6) is 0 Å². The molecule has 0 spiro atoms. The van der Waals surface area contributed by atoms with E-state index in [1.54, 1.807) is 0 Å². The van der Waals surface area contributed by atoms with Gasteiger partial charge in [0.1, 0.15) is 0 Å². The van der Waals surface area contributed by atoms with Crippen molar-refractivity contribution < 1.29 is 9.47 Å². The van der Waals surface area contributed by atoms with Crippen LogP contribution in [0.1, 0.15) is 30.4 Å². The van der Waals surface area contributed by atoms with Crippen molar-refractivity contribution in [2.24, 2.45) is 0 Å². The van der Waals surface area contributed by atoms with Gasteiger partial charge >= 0.3 is 0 Å². The predicted octanol–water partition coefficient (Wildman–Crippen LogP) is 3.79. The summed E-state index contributed by atoms with van der Waals surface area (Å²) in [6.45, 7) is 3.97. The zero-order valence-corrected chi connectivity index (χ0v) is 14.1. The summed E-state index contributed by atoms with van der Waals surface area (Å²) >= 11 is 0. The number of piperidine rings is 1. The SMILES string of the molecule is c1ccc(C2(c3ccccc3)OCC(CN3CCCCC3)O2)cc1. The summed E-state index contributed by atoms with van der Waals surface area (Å²) in [5.74, 6) is -0.775. The van der Waals surface area contributed by atoms with Gasteiger partial charge in [0.05, 0.1) is 12.7 Å². The van der Waals surface area contributed by atoms with Crippen molar-refractivity contribution in [3.63, 3.8) is 0 Å². The maximum absolute atomic E-state index is 6.56. The molecule has 126 valence electrons. The molecule has 3 heteroatoms. The summed E-state index contributed by atoms with van der Waals surface area (Å²) < 4.78 is 12.9. The lowest BCUT2D eigenvalue weighted by Gasteiger charge is -2.31. The van der Waals surface area contributed by atoms with Gasteiger partial charge < -0.3 is 14.4 Å². The van der Waals surface area contributed by atoms with Crippen molar-refractivity contribution in [1.82, 2.24) is 4.90 Å². The molecule has 0 amide bonds. The Morgan fingerprint density at radius 1 is 0.833 bits per heavy atom. The van der Waals surface area contributed by atoms with Gasteiger partial charge in [-0.05, 0) is 25.9 Å². The highest BCUT2D eigenvalue weighted by molar-refractivity contribution is 5.34. The van der Waals surface area contributed by atoms with Gasteiger partial charge in [0.2, 0.25) is 5.79 Å². The van der Waals surface area contributed by atoms with Crippen LogP contribution in [0.25, 0.3) is 0 Å². The Morgan fingerprint density at radius 3 is 2.00 bits per heavy atom. The average molecular weight is 323 g/mol. The highest BCUT2D eigenvalue weighted by Crippen LogP contribution is 2.40. The Kier molecular flexibility index (Phi) is 4.65. The lowest BCUT2D eigenvalue weighted by molar-refractivity contribution is -0.144. The van der Waals surface area contributed by atoms with Crippen LogP contribution in [0.3, 0.4) is 0 Å². The molecule has 0 saturated carbocycles. The van der Waals surface area contributed by atoms with Crippen molar-refractivity contribution in [3.05, 3.63) is 71.8 Å². The number of rotatable bonds is 4. The van der Waals surface area contributed by atoms with Crippen LogP contribution in [0.4, 0.5) is 0 Å². The number of ether oxygens (including phenoxy) is 2. The number of hydrogen-bond acceptors (Lipinski definition) is 3. The van der Waals surface area contributed by atoms with E-state index in [0.29, 0.717) is 6.61 Å². The van der Waals surface area contributed by atoms with E-state index in [9.17, 15) is 0 Å². The largest absolute Gasteiger partial charge is 0.339 e. The van der Waals surface area contributed by atoms with Crippen LogP contribution >= 0.6 is 0 Å². The minimum Gasteiger partial charge on any atom is -0.339 e. The van der Waals surface area contributed by atoms with Crippen LogP contribution in [-0.2, 0) is 15.3 Å². The molecule has 4 rings (SSSR count). The molecule has 2 aromatic carbocycles. The van der Waals surface area contributed by atoms with Gasteiger partial charge in [-0.1, -0.05) is 67.1 Å². The second kappa shape index (κ2) is 7.06. The third kappa shape index (κ3) is 3.12. The third-order valence-electron chi connectivity index (χ3n) is 5.02. The Morgan fingerprint density at radius 2 is 1.42 bits per heavy atom.